The van der Waals surface area contributed by atoms with Gasteiger partial charge in [0, 0.05) is 101 Å². The van der Waals surface area contributed by atoms with Gasteiger partial charge in [0.2, 0.25) is 29.5 Å². The molecule has 0 aromatic heterocycles. The van der Waals surface area contributed by atoms with Gasteiger partial charge in [-0.1, -0.05) is 31.0 Å². The van der Waals surface area contributed by atoms with Gasteiger partial charge in [-0.15, -0.1) is 0 Å². The van der Waals surface area contributed by atoms with Crippen molar-refractivity contribution < 1.29 is 112 Å². The van der Waals surface area contributed by atoms with Gasteiger partial charge in [0.25, 0.3) is 5.91 Å². The van der Waals surface area contributed by atoms with Crippen molar-refractivity contribution in [3.63, 3.8) is 0 Å². The maximum absolute atomic E-state index is 13.1. The number of amides is 6. The summed E-state index contributed by atoms with van der Waals surface area (Å²) in [6, 6.07) is 4.58. The molecule has 0 saturated heterocycles. The van der Waals surface area contributed by atoms with Crippen LogP contribution in [0.5, 0.6) is 0 Å². The number of primary amides is 1. The lowest BCUT2D eigenvalue weighted by Gasteiger charge is -2.28. The number of aryl methyl sites for hydroxylation is 1. The minimum absolute atomic E-state index is 0.0130. The van der Waals surface area contributed by atoms with E-state index in [0.717, 1.165) is 18.4 Å². The third kappa shape index (κ3) is 43.2. The number of rotatable bonds is 54. The van der Waals surface area contributed by atoms with Crippen molar-refractivity contribution in [2.24, 2.45) is 29.4 Å². The molecular weight excluding hydrogens is 1230 g/mol. The summed E-state index contributed by atoms with van der Waals surface area (Å²) in [5.41, 5.74) is 7.09. The van der Waals surface area contributed by atoms with Gasteiger partial charge in [-0.25, -0.2) is 0 Å². The molecule has 2 rings (SSSR count). The SMILES string of the molecule is CC(=O)[C@H](CCC(=O)O)NC(=O)[C@H](CCC(=O)O)CC[C@H](CCC(=O)O)NC(=O)CC[C@H](CC(=O)C1CCC(CNC(=O)CCCC(=O)O)CC1)C(=O)O.CCCCOCCOCC(=O)CCCOCCOCC(=O)N[C@@H](CCCCNC(=O)c1ccc(C)cc1)C(N)=O. The summed E-state index contributed by atoms with van der Waals surface area (Å²) >= 11 is 0. The fourth-order valence-corrected chi connectivity index (χ4v) is 9.87. The largest absolute Gasteiger partial charge is 0.481 e. The molecule has 530 valence electrons. The van der Waals surface area contributed by atoms with Crippen LogP contribution in [0, 0.1) is 30.6 Å². The van der Waals surface area contributed by atoms with Crippen molar-refractivity contribution in [2.45, 2.75) is 199 Å². The van der Waals surface area contributed by atoms with E-state index in [4.69, 9.17) is 34.9 Å². The molecule has 0 heterocycles. The third-order valence-corrected chi connectivity index (χ3v) is 15.5. The van der Waals surface area contributed by atoms with Crippen LogP contribution in [0.1, 0.15) is 190 Å². The molecule has 0 unspecified atom stereocenters. The number of hydrogen-bond donors (Lipinski definition) is 11. The van der Waals surface area contributed by atoms with Gasteiger partial charge >= 0.3 is 29.8 Å². The zero-order valence-electron chi connectivity index (χ0n) is 54.8. The van der Waals surface area contributed by atoms with Crippen molar-refractivity contribution in [1.82, 2.24) is 26.6 Å². The van der Waals surface area contributed by atoms with Crippen LogP contribution in [-0.4, -0.2) is 192 Å². The van der Waals surface area contributed by atoms with Crippen LogP contribution in [0.3, 0.4) is 0 Å². The summed E-state index contributed by atoms with van der Waals surface area (Å²) in [4.78, 5) is 167. The maximum Gasteiger partial charge on any atom is 0.306 e. The number of nitrogens with one attached hydrogen (secondary N) is 5. The number of carbonyl (C=O) groups is 14. The van der Waals surface area contributed by atoms with E-state index >= 15 is 0 Å². The zero-order valence-corrected chi connectivity index (χ0v) is 54.8. The number of carboxylic acid groups (broad SMARTS) is 5. The van der Waals surface area contributed by atoms with Gasteiger partial charge in [0.1, 0.15) is 25.0 Å². The van der Waals surface area contributed by atoms with Gasteiger partial charge in [0.05, 0.1) is 38.4 Å². The van der Waals surface area contributed by atoms with Crippen molar-refractivity contribution in [3.8, 4) is 0 Å². The molecule has 1 aliphatic carbocycles. The first-order valence-electron chi connectivity index (χ1n) is 32.5. The molecular formula is C65H102N6O23. The Hall–Kier alpha value is -7.76. The quantitative estimate of drug-likeness (QED) is 0.0406. The first-order chi connectivity index (χ1) is 44.7. The van der Waals surface area contributed by atoms with E-state index in [1.807, 2.05) is 19.1 Å². The molecule has 1 saturated carbocycles. The summed E-state index contributed by atoms with van der Waals surface area (Å²) in [7, 11) is 0. The molecule has 12 N–H and O–H groups in total. The average molecular weight is 1340 g/mol. The van der Waals surface area contributed by atoms with Gasteiger partial charge in [0.15, 0.2) is 11.6 Å². The Morgan fingerprint density at radius 1 is 0.521 bits per heavy atom. The molecule has 1 aliphatic rings. The molecule has 1 aromatic carbocycles. The van der Waals surface area contributed by atoms with Crippen molar-refractivity contribution in [3.05, 3.63) is 35.4 Å². The van der Waals surface area contributed by atoms with Gasteiger partial charge in [-0.2, -0.15) is 0 Å². The molecule has 94 heavy (non-hydrogen) atoms. The molecule has 5 atom stereocenters. The van der Waals surface area contributed by atoms with Crippen molar-refractivity contribution in [2.75, 3.05) is 65.9 Å². The maximum atomic E-state index is 13.1. The Morgan fingerprint density at radius 3 is 1.70 bits per heavy atom. The predicted octanol–water partition coefficient (Wildman–Crippen LogP) is 4.23. The molecule has 0 aliphatic heterocycles. The summed E-state index contributed by atoms with van der Waals surface area (Å²) in [5.74, 6) is -11.6. The summed E-state index contributed by atoms with van der Waals surface area (Å²) in [6.45, 7) is 8.42. The summed E-state index contributed by atoms with van der Waals surface area (Å²) < 4.78 is 21.4. The van der Waals surface area contributed by atoms with Crippen molar-refractivity contribution in [1.29, 1.82) is 0 Å². The number of hydrogen-bond acceptors (Lipinski definition) is 18. The van der Waals surface area contributed by atoms with Gasteiger partial charge in [-0.3, -0.25) is 67.1 Å². The molecule has 1 fully saturated rings. The Labute approximate surface area is 549 Å². The van der Waals surface area contributed by atoms with Crippen LogP contribution in [-0.2, 0) is 81.3 Å². The Bertz CT molecular complexity index is 2540. The average Bonchev–Trinajstić information content (AvgIpc) is 1.09. The number of carboxylic acids is 5. The number of ether oxygens (including phenoxy) is 4. The highest BCUT2D eigenvalue weighted by molar-refractivity contribution is 5.94. The highest BCUT2D eigenvalue weighted by Gasteiger charge is 2.32. The fraction of sp³-hybridized carbons (Fsp3) is 0.692. The molecule has 29 heteroatoms. The first-order valence-corrected chi connectivity index (χ1v) is 32.5. The van der Waals surface area contributed by atoms with Crippen LogP contribution >= 0.6 is 0 Å². The summed E-state index contributed by atoms with van der Waals surface area (Å²) in [6.07, 6.45) is 4.95. The number of aliphatic carboxylic acids is 5. The third-order valence-electron chi connectivity index (χ3n) is 15.5. The number of Topliss-reactive ketones (excluding diaryl/α,β-unsaturated/α-hetero) is 3. The Kier molecular flexibility index (Phi) is 45.4. The van der Waals surface area contributed by atoms with E-state index in [-0.39, 0.29) is 139 Å². The van der Waals surface area contributed by atoms with Crippen LogP contribution in [0.25, 0.3) is 0 Å². The minimum atomic E-state index is -1.25. The number of benzene rings is 1. The van der Waals surface area contributed by atoms with Crippen LogP contribution < -0.4 is 32.3 Å². The second-order valence-corrected chi connectivity index (χ2v) is 23.5. The summed E-state index contributed by atoms with van der Waals surface area (Å²) in [5, 5.41) is 59.2. The predicted molar refractivity (Wildman–Crippen MR) is 339 cm³/mol. The molecule has 6 amide bonds. The molecule has 0 radical (unpaired) electrons. The number of unbranched alkanes of at least 4 members (excludes halogenated alkanes) is 2. The molecule has 29 nitrogen and oxygen atoms in total. The van der Waals surface area contributed by atoms with Crippen molar-refractivity contribution >= 4 is 82.6 Å². The first kappa shape index (κ1) is 84.3. The van der Waals surface area contributed by atoms with E-state index in [9.17, 15) is 82.4 Å². The van der Waals surface area contributed by atoms with E-state index in [2.05, 4.69) is 33.5 Å². The number of nitrogens with two attached hydrogens (primary N) is 1. The fourth-order valence-electron chi connectivity index (χ4n) is 9.87. The van der Waals surface area contributed by atoms with Crippen LogP contribution in [0.2, 0.25) is 0 Å². The Morgan fingerprint density at radius 2 is 1.11 bits per heavy atom. The van der Waals surface area contributed by atoms with Crippen LogP contribution in [0.15, 0.2) is 24.3 Å². The second-order valence-electron chi connectivity index (χ2n) is 23.5. The molecule has 0 bridgehead atoms. The topological polar surface area (TPSA) is 463 Å². The zero-order chi connectivity index (χ0) is 70.2. The lowest BCUT2D eigenvalue weighted by atomic mass is 9.78. The van der Waals surface area contributed by atoms with Gasteiger partial charge < -0.3 is 76.8 Å². The second kappa shape index (κ2) is 50.7. The van der Waals surface area contributed by atoms with Gasteiger partial charge in [-0.05, 0) is 135 Å². The van der Waals surface area contributed by atoms with Crippen LogP contribution in [0.4, 0.5) is 0 Å². The molecule has 0 spiro atoms. The minimum Gasteiger partial charge on any atom is -0.481 e. The lowest BCUT2D eigenvalue weighted by Crippen LogP contribution is -2.45. The molecule has 1 aromatic rings. The highest BCUT2D eigenvalue weighted by atomic mass is 16.5. The van der Waals surface area contributed by atoms with E-state index in [0.29, 0.717) is 103 Å². The number of carbonyl (C=O) groups excluding carboxylic acids is 9. The van der Waals surface area contributed by atoms with E-state index < -0.39 is 102 Å². The van der Waals surface area contributed by atoms with E-state index in [1.165, 1.54) is 6.92 Å². The van der Waals surface area contributed by atoms with E-state index in [1.54, 1.807) is 12.1 Å². The monoisotopic (exact) mass is 1330 g/mol. The standard InChI is InChI=1S/C36H55N3O15.C29H47N3O8/c1-21(40)27(14-18-34(50)51)39-35(52)24(11-16-32(46)47)9-12-26(13-17-33(48)49)38-30(43)15-10-25(36(53)54)19-28(41)23-7-5-22(6-8-23)20-37-29(42)3-2-4-31(44)45;1-3-4-15-37-17-19-39-21-25(33)8-7-16-38-18-20-40-22-27(34)32-26(28(30)35)9-5-6-14-31-29(36)24-12-10-23(2)11-13-24/h22-27H,2-20H2,1H3,(H,37,42)(H,38,43)(H,39,52)(H,44,45)(H,46,47)(H,48,49)(H,50,51)(H,53,54);10-13,26H,3-9,14-22H2,1-2H3,(H2,30,35)(H,31,36)(H,32,34)/t22?,23?,24-,25+,26+,27-;26-/m00/s1. The highest BCUT2D eigenvalue weighted by Crippen LogP contribution is 2.31. The smallest absolute Gasteiger partial charge is 0.306 e. The Balaban J connectivity index is 0.000000983. The number of ketones is 3. The normalized spacial score (nSPS) is 15.0. The lowest BCUT2D eigenvalue weighted by molar-refractivity contribution is -0.145.